The van der Waals surface area contributed by atoms with E-state index in [2.05, 4.69) is 10.6 Å². The maximum absolute atomic E-state index is 12.4. The van der Waals surface area contributed by atoms with Crippen LogP contribution in [0.2, 0.25) is 0 Å². The second-order valence-corrected chi connectivity index (χ2v) is 6.63. The van der Waals surface area contributed by atoms with Crippen LogP contribution in [0.25, 0.3) is 0 Å². The molecule has 1 saturated heterocycles. The number of nitrogens with zero attached hydrogens (tertiary/aromatic N) is 1. The van der Waals surface area contributed by atoms with Crippen molar-refractivity contribution in [2.45, 2.75) is 56.8 Å². The summed E-state index contributed by atoms with van der Waals surface area (Å²) in [7, 11) is 0. The van der Waals surface area contributed by atoms with Gasteiger partial charge in [-0.2, -0.15) is 0 Å². The molecule has 0 aliphatic carbocycles. The van der Waals surface area contributed by atoms with Crippen molar-refractivity contribution >= 4 is 29.6 Å². The van der Waals surface area contributed by atoms with E-state index in [1.807, 2.05) is 0 Å². The van der Waals surface area contributed by atoms with E-state index in [1.54, 1.807) is 0 Å². The summed E-state index contributed by atoms with van der Waals surface area (Å²) in [6.07, 6.45) is -0.594. The second kappa shape index (κ2) is 10.6. The molecule has 12 nitrogen and oxygen atoms in total. The van der Waals surface area contributed by atoms with Gasteiger partial charge in [0.2, 0.25) is 23.6 Å². The van der Waals surface area contributed by atoms with Crippen LogP contribution in [-0.2, 0) is 24.0 Å². The number of aliphatic hydroxyl groups is 1. The minimum atomic E-state index is -1.31. The molecule has 0 aromatic heterocycles. The van der Waals surface area contributed by atoms with Crippen LogP contribution in [0, 0.1) is 0 Å². The summed E-state index contributed by atoms with van der Waals surface area (Å²) in [5.74, 6) is -3.90. The standard InChI is InChI=1S/C16H27N5O7/c1-8(22)13(18)15(26)19-7-12(24)21-6-2-3-10(21)14(25)20-9(16(27)28)4-5-11(17)23/h8-10,13,22H,2-7,18H2,1H3,(H2,17,23)(H,19,26)(H,20,25)(H,27,28)/t8-,9+,10+,13+/m1/s1. The monoisotopic (exact) mass is 401 g/mol. The predicted molar refractivity (Wildman–Crippen MR) is 95.4 cm³/mol. The van der Waals surface area contributed by atoms with Gasteiger partial charge in [-0.1, -0.05) is 0 Å². The number of primary amides is 1. The van der Waals surface area contributed by atoms with Gasteiger partial charge >= 0.3 is 5.97 Å². The smallest absolute Gasteiger partial charge is 0.326 e. The molecule has 0 spiro atoms. The molecule has 0 unspecified atom stereocenters. The van der Waals surface area contributed by atoms with E-state index in [0.717, 1.165) is 0 Å². The van der Waals surface area contributed by atoms with Crippen LogP contribution in [0.4, 0.5) is 0 Å². The number of aliphatic hydroxyl groups excluding tert-OH is 1. The summed E-state index contributed by atoms with van der Waals surface area (Å²) < 4.78 is 0. The van der Waals surface area contributed by atoms with Crippen LogP contribution in [0.5, 0.6) is 0 Å². The van der Waals surface area contributed by atoms with E-state index in [9.17, 15) is 29.1 Å². The number of amides is 4. The number of aliphatic carboxylic acids is 1. The van der Waals surface area contributed by atoms with Crippen molar-refractivity contribution in [2.24, 2.45) is 11.5 Å². The molecule has 0 bridgehead atoms. The third kappa shape index (κ3) is 6.78. The lowest BCUT2D eigenvalue weighted by Crippen LogP contribution is -2.54. The number of nitrogens with two attached hydrogens (primary N) is 2. The Morgan fingerprint density at radius 3 is 2.43 bits per heavy atom. The molecule has 4 atom stereocenters. The Hall–Kier alpha value is -2.73. The Morgan fingerprint density at radius 1 is 1.25 bits per heavy atom. The number of carboxylic acids is 1. The van der Waals surface area contributed by atoms with Crippen LogP contribution < -0.4 is 22.1 Å². The molecule has 28 heavy (non-hydrogen) atoms. The zero-order valence-electron chi connectivity index (χ0n) is 15.6. The molecule has 0 radical (unpaired) electrons. The van der Waals surface area contributed by atoms with Gasteiger partial charge in [0, 0.05) is 13.0 Å². The minimum Gasteiger partial charge on any atom is -0.480 e. The van der Waals surface area contributed by atoms with E-state index in [0.29, 0.717) is 12.8 Å². The Kier molecular flexibility index (Phi) is 8.79. The molecule has 0 saturated carbocycles. The number of rotatable bonds is 10. The van der Waals surface area contributed by atoms with E-state index in [4.69, 9.17) is 16.6 Å². The maximum Gasteiger partial charge on any atom is 0.326 e. The molecule has 4 amide bonds. The first-order valence-electron chi connectivity index (χ1n) is 8.87. The first-order valence-corrected chi connectivity index (χ1v) is 8.87. The number of carboxylic acid groups (broad SMARTS) is 1. The molecular weight excluding hydrogens is 374 g/mol. The summed E-state index contributed by atoms with van der Waals surface area (Å²) >= 11 is 0. The van der Waals surface area contributed by atoms with Crippen molar-refractivity contribution in [3.05, 3.63) is 0 Å². The van der Waals surface area contributed by atoms with Crippen molar-refractivity contribution in [3.63, 3.8) is 0 Å². The van der Waals surface area contributed by atoms with Crippen molar-refractivity contribution in [1.29, 1.82) is 0 Å². The molecule has 0 aromatic rings. The normalized spacial score (nSPS) is 19.4. The lowest BCUT2D eigenvalue weighted by Gasteiger charge is -2.26. The highest BCUT2D eigenvalue weighted by molar-refractivity contribution is 5.93. The molecule has 0 aromatic carbocycles. The highest BCUT2D eigenvalue weighted by Gasteiger charge is 2.36. The fourth-order valence-electron chi connectivity index (χ4n) is 2.75. The van der Waals surface area contributed by atoms with E-state index < -0.39 is 60.4 Å². The summed E-state index contributed by atoms with van der Waals surface area (Å²) in [4.78, 5) is 59.8. The van der Waals surface area contributed by atoms with Crippen LogP contribution in [0.15, 0.2) is 0 Å². The number of likely N-dealkylation sites (tertiary alicyclic amines) is 1. The summed E-state index contributed by atoms with van der Waals surface area (Å²) in [6, 6.07) is -3.38. The van der Waals surface area contributed by atoms with Gasteiger partial charge in [-0.05, 0) is 26.2 Å². The van der Waals surface area contributed by atoms with Crippen LogP contribution in [0.1, 0.15) is 32.6 Å². The molecule has 8 N–H and O–H groups in total. The quantitative estimate of drug-likeness (QED) is 0.217. The van der Waals surface area contributed by atoms with Gasteiger partial charge in [-0.15, -0.1) is 0 Å². The number of hydrogen-bond donors (Lipinski definition) is 6. The Labute approximate surface area is 161 Å². The van der Waals surface area contributed by atoms with Gasteiger partial charge in [0.1, 0.15) is 18.1 Å². The van der Waals surface area contributed by atoms with Crippen LogP contribution >= 0.6 is 0 Å². The van der Waals surface area contributed by atoms with Gasteiger partial charge in [0.25, 0.3) is 0 Å². The predicted octanol–water partition coefficient (Wildman–Crippen LogP) is -3.36. The average Bonchev–Trinajstić information content (AvgIpc) is 3.11. The fraction of sp³-hybridized carbons (Fsp3) is 0.688. The third-order valence-electron chi connectivity index (χ3n) is 4.41. The first-order chi connectivity index (χ1) is 13.0. The van der Waals surface area contributed by atoms with Crippen molar-refractivity contribution in [3.8, 4) is 0 Å². The largest absolute Gasteiger partial charge is 0.480 e. The first kappa shape index (κ1) is 23.3. The van der Waals surface area contributed by atoms with Crippen molar-refractivity contribution < 1.29 is 34.2 Å². The zero-order chi connectivity index (χ0) is 21.4. The summed E-state index contributed by atoms with van der Waals surface area (Å²) in [5.41, 5.74) is 10.5. The molecular formula is C16H27N5O7. The molecule has 1 aliphatic rings. The lowest BCUT2D eigenvalue weighted by molar-refractivity contribution is -0.144. The summed E-state index contributed by atoms with van der Waals surface area (Å²) in [5, 5.41) is 23.1. The van der Waals surface area contributed by atoms with Gasteiger partial charge in [0.05, 0.1) is 12.6 Å². The van der Waals surface area contributed by atoms with Gasteiger partial charge in [0.15, 0.2) is 0 Å². The highest BCUT2D eigenvalue weighted by Crippen LogP contribution is 2.18. The highest BCUT2D eigenvalue weighted by atomic mass is 16.4. The zero-order valence-corrected chi connectivity index (χ0v) is 15.6. The lowest BCUT2D eigenvalue weighted by atomic mass is 10.1. The molecule has 158 valence electrons. The second-order valence-electron chi connectivity index (χ2n) is 6.63. The van der Waals surface area contributed by atoms with Crippen molar-refractivity contribution in [2.75, 3.05) is 13.1 Å². The Bertz CT molecular complexity index is 625. The number of nitrogens with one attached hydrogen (secondary N) is 2. The topological polar surface area (TPSA) is 205 Å². The number of hydrogen-bond acceptors (Lipinski definition) is 7. The van der Waals surface area contributed by atoms with Gasteiger partial charge in [-0.25, -0.2) is 4.79 Å². The summed E-state index contributed by atoms with van der Waals surface area (Å²) in [6.45, 7) is 1.20. The number of carbonyl (C=O) groups is 5. The minimum absolute atomic E-state index is 0.162. The molecule has 12 heteroatoms. The van der Waals surface area contributed by atoms with Crippen molar-refractivity contribution in [1.82, 2.24) is 15.5 Å². The average molecular weight is 401 g/mol. The molecule has 1 fully saturated rings. The SMILES string of the molecule is C[C@@H](O)[C@H](N)C(=O)NCC(=O)N1CCC[C@H]1C(=O)N[C@@H](CCC(N)=O)C(=O)O. The van der Waals surface area contributed by atoms with Gasteiger partial charge < -0.3 is 37.2 Å². The van der Waals surface area contributed by atoms with E-state index in [1.165, 1.54) is 11.8 Å². The molecule has 1 heterocycles. The molecule has 1 aliphatic heterocycles. The van der Waals surface area contributed by atoms with Crippen LogP contribution in [-0.4, -0.2) is 82.0 Å². The Balaban J connectivity index is 2.65. The Morgan fingerprint density at radius 2 is 1.89 bits per heavy atom. The fourth-order valence-corrected chi connectivity index (χ4v) is 2.75. The van der Waals surface area contributed by atoms with Gasteiger partial charge in [-0.3, -0.25) is 19.2 Å². The maximum atomic E-state index is 12.4. The molecule has 1 rings (SSSR count). The third-order valence-corrected chi connectivity index (χ3v) is 4.41. The number of carbonyl (C=O) groups excluding carboxylic acids is 4. The van der Waals surface area contributed by atoms with E-state index in [-0.39, 0.29) is 19.4 Å². The van der Waals surface area contributed by atoms with Crippen LogP contribution in [0.3, 0.4) is 0 Å². The van der Waals surface area contributed by atoms with E-state index >= 15 is 0 Å².